The number of carboxylic acid groups (broad SMARTS) is 1. The average Bonchev–Trinajstić information content (AvgIpc) is 2.58. The first-order valence-electron chi connectivity index (χ1n) is 8.02. The predicted octanol–water partition coefficient (Wildman–Crippen LogP) is 2.29. The fraction of sp³-hybridized carbons (Fsp3) is 0.500. The smallest absolute Gasteiger partial charge is 0.335 e. The largest absolute Gasteiger partial charge is 0.478 e. The number of aromatic carboxylic acids is 1. The predicted molar refractivity (Wildman–Crippen MR) is 89.1 cm³/mol. The number of carbonyl (C=O) groups is 2. The van der Waals surface area contributed by atoms with Crippen molar-refractivity contribution in [2.45, 2.75) is 42.5 Å². The molecule has 2 fully saturated rings. The van der Waals surface area contributed by atoms with E-state index in [0.29, 0.717) is 12.8 Å². The summed E-state index contributed by atoms with van der Waals surface area (Å²) in [5, 5.41) is 9.06. The van der Waals surface area contributed by atoms with E-state index >= 15 is 0 Å². The van der Waals surface area contributed by atoms with Gasteiger partial charge in [-0.25, -0.2) is 13.2 Å². The third kappa shape index (κ3) is 3.02. The molecule has 3 rings (SSSR count). The van der Waals surface area contributed by atoms with E-state index in [9.17, 15) is 18.0 Å². The van der Waals surface area contributed by atoms with Gasteiger partial charge in [0.05, 0.1) is 10.6 Å². The van der Waals surface area contributed by atoms with Crippen LogP contribution in [0.3, 0.4) is 0 Å². The standard InChI is InChI=1S/C16H18ClNO6S/c17-12-5-4-11(14(19)20)10-13(12)25(22,23)18-8-9-24-15(21)16(18)6-2-1-3-7-16/h4-5,10H,1-3,6-9H2,(H,19,20). The zero-order chi connectivity index (χ0) is 18.2. The lowest BCUT2D eigenvalue weighted by molar-refractivity contribution is -0.165. The highest BCUT2D eigenvalue weighted by Gasteiger charge is 2.53. The van der Waals surface area contributed by atoms with E-state index < -0.39 is 27.5 Å². The van der Waals surface area contributed by atoms with E-state index in [1.807, 2.05) is 0 Å². The van der Waals surface area contributed by atoms with Crippen LogP contribution in [0, 0.1) is 0 Å². The molecule has 1 aliphatic heterocycles. The van der Waals surface area contributed by atoms with E-state index in [0.717, 1.165) is 29.6 Å². The summed E-state index contributed by atoms with van der Waals surface area (Å²) in [6, 6.07) is 3.52. The Morgan fingerprint density at radius 3 is 2.56 bits per heavy atom. The molecule has 2 aliphatic rings. The molecule has 1 N–H and O–H groups in total. The average molecular weight is 388 g/mol. The van der Waals surface area contributed by atoms with Crippen LogP contribution in [0.2, 0.25) is 5.02 Å². The third-order valence-corrected chi connectivity index (χ3v) is 7.26. The number of halogens is 1. The Morgan fingerprint density at radius 2 is 1.92 bits per heavy atom. The van der Waals surface area contributed by atoms with E-state index in [4.69, 9.17) is 21.4 Å². The molecule has 0 amide bonds. The van der Waals surface area contributed by atoms with Gasteiger partial charge in [-0.1, -0.05) is 30.9 Å². The number of carbonyl (C=O) groups excluding carboxylic acids is 1. The van der Waals surface area contributed by atoms with Crippen LogP contribution in [0.5, 0.6) is 0 Å². The summed E-state index contributed by atoms with van der Waals surface area (Å²) in [7, 11) is -4.15. The summed E-state index contributed by atoms with van der Waals surface area (Å²) in [5.74, 6) is -1.79. The van der Waals surface area contributed by atoms with Gasteiger partial charge in [-0.15, -0.1) is 0 Å². The molecule has 1 aromatic carbocycles. The van der Waals surface area contributed by atoms with Gasteiger partial charge in [-0.3, -0.25) is 4.79 Å². The van der Waals surface area contributed by atoms with Gasteiger partial charge in [0.2, 0.25) is 10.0 Å². The van der Waals surface area contributed by atoms with Crippen molar-refractivity contribution in [2.24, 2.45) is 0 Å². The van der Waals surface area contributed by atoms with E-state index in [1.165, 1.54) is 12.1 Å². The van der Waals surface area contributed by atoms with Crippen LogP contribution in [0.1, 0.15) is 42.5 Å². The highest BCUT2D eigenvalue weighted by molar-refractivity contribution is 7.89. The number of sulfonamides is 1. The van der Waals surface area contributed by atoms with Gasteiger partial charge in [0.15, 0.2) is 0 Å². The molecule has 136 valence electrons. The maximum absolute atomic E-state index is 13.2. The third-order valence-electron chi connectivity index (χ3n) is 4.81. The van der Waals surface area contributed by atoms with Crippen molar-refractivity contribution in [2.75, 3.05) is 13.2 Å². The molecule has 9 heteroatoms. The van der Waals surface area contributed by atoms with E-state index in [2.05, 4.69) is 0 Å². The summed E-state index contributed by atoms with van der Waals surface area (Å²) in [4.78, 5) is 23.4. The second-order valence-electron chi connectivity index (χ2n) is 6.26. The molecule has 0 unspecified atom stereocenters. The number of morpholine rings is 1. The molecule has 0 radical (unpaired) electrons. The summed E-state index contributed by atoms with van der Waals surface area (Å²) >= 11 is 6.05. The molecular formula is C16H18ClNO6S. The number of hydrogen-bond donors (Lipinski definition) is 1. The maximum Gasteiger partial charge on any atom is 0.335 e. The van der Waals surface area contributed by atoms with E-state index in [-0.39, 0.29) is 28.6 Å². The minimum atomic E-state index is -4.15. The number of rotatable bonds is 3. The zero-order valence-corrected chi connectivity index (χ0v) is 15.0. The number of ether oxygens (including phenoxy) is 1. The molecule has 7 nitrogen and oxygen atoms in total. The van der Waals surface area contributed by atoms with Gasteiger partial charge >= 0.3 is 11.9 Å². The normalized spacial score (nSPS) is 21.1. The van der Waals surface area contributed by atoms with Gasteiger partial charge in [0.25, 0.3) is 0 Å². The van der Waals surface area contributed by atoms with Gasteiger partial charge in [0, 0.05) is 6.54 Å². The van der Waals surface area contributed by atoms with E-state index in [1.54, 1.807) is 0 Å². The maximum atomic E-state index is 13.2. The number of esters is 1. The summed E-state index contributed by atoms with van der Waals surface area (Å²) < 4.78 is 32.8. The lowest BCUT2D eigenvalue weighted by atomic mass is 9.81. The van der Waals surface area contributed by atoms with Crippen molar-refractivity contribution < 1.29 is 27.9 Å². The molecular weight excluding hydrogens is 370 g/mol. The quantitative estimate of drug-likeness (QED) is 0.798. The van der Waals surface area contributed by atoms with Crippen molar-refractivity contribution in [3.05, 3.63) is 28.8 Å². The van der Waals surface area contributed by atoms with Crippen molar-refractivity contribution >= 4 is 33.6 Å². The van der Waals surface area contributed by atoms with Crippen molar-refractivity contribution in [1.29, 1.82) is 0 Å². The highest BCUT2D eigenvalue weighted by atomic mass is 35.5. The van der Waals surface area contributed by atoms with Gasteiger partial charge in [-0.2, -0.15) is 4.31 Å². The van der Waals surface area contributed by atoms with Crippen molar-refractivity contribution in [3.8, 4) is 0 Å². The Bertz CT molecular complexity index is 816. The van der Waals surface area contributed by atoms with Gasteiger partial charge in [-0.05, 0) is 31.0 Å². The van der Waals surface area contributed by atoms with Crippen LogP contribution < -0.4 is 0 Å². The lowest BCUT2D eigenvalue weighted by Crippen LogP contribution is -2.62. The minimum Gasteiger partial charge on any atom is -0.478 e. The second-order valence-corrected chi connectivity index (χ2v) is 8.49. The first-order valence-corrected chi connectivity index (χ1v) is 9.84. The molecule has 25 heavy (non-hydrogen) atoms. The molecule has 1 saturated heterocycles. The van der Waals surface area contributed by atoms with Gasteiger partial charge in [0.1, 0.15) is 17.0 Å². The molecule has 0 atom stereocenters. The lowest BCUT2D eigenvalue weighted by Gasteiger charge is -2.45. The second kappa shape index (κ2) is 6.59. The van der Waals surface area contributed by atoms with Crippen LogP contribution in [-0.4, -0.2) is 48.5 Å². The number of nitrogens with zero attached hydrogens (tertiary/aromatic N) is 1. The Kier molecular flexibility index (Phi) is 4.78. The van der Waals surface area contributed by atoms with Crippen LogP contribution in [0.15, 0.2) is 23.1 Å². The molecule has 0 aromatic heterocycles. The van der Waals surface area contributed by atoms with Crippen LogP contribution in [0.4, 0.5) is 0 Å². The topological polar surface area (TPSA) is 101 Å². The molecule has 1 heterocycles. The number of cyclic esters (lactones) is 1. The summed E-state index contributed by atoms with van der Waals surface area (Å²) in [5.41, 5.74) is -1.40. The monoisotopic (exact) mass is 387 g/mol. The highest BCUT2D eigenvalue weighted by Crippen LogP contribution is 2.41. The Morgan fingerprint density at radius 1 is 1.24 bits per heavy atom. The Balaban J connectivity index is 2.11. The fourth-order valence-corrected chi connectivity index (χ4v) is 5.83. The summed E-state index contributed by atoms with van der Waals surface area (Å²) in [6.07, 6.45) is 3.16. The van der Waals surface area contributed by atoms with Crippen LogP contribution >= 0.6 is 11.6 Å². The molecule has 0 bridgehead atoms. The van der Waals surface area contributed by atoms with Crippen LogP contribution in [0.25, 0.3) is 0 Å². The number of carboxylic acids is 1. The molecule has 1 spiro atoms. The van der Waals surface area contributed by atoms with Crippen molar-refractivity contribution in [1.82, 2.24) is 4.31 Å². The SMILES string of the molecule is O=C(O)c1ccc(Cl)c(S(=O)(=O)N2CCOC(=O)C23CCCCC3)c1. The van der Waals surface area contributed by atoms with Crippen molar-refractivity contribution in [3.63, 3.8) is 0 Å². The summed E-state index contributed by atoms with van der Waals surface area (Å²) in [6.45, 7) is -0.00223. The fourth-order valence-electron chi connectivity index (χ4n) is 3.56. The number of benzene rings is 1. The number of hydrogen-bond acceptors (Lipinski definition) is 5. The first-order chi connectivity index (χ1) is 11.8. The molecule has 1 aromatic rings. The zero-order valence-electron chi connectivity index (χ0n) is 13.4. The molecule has 1 aliphatic carbocycles. The minimum absolute atomic E-state index is 0.0295. The van der Waals surface area contributed by atoms with Crippen LogP contribution in [-0.2, 0) is 19.6 Å². The first kappa shape index (κ1) is 18.2. The Labute approximate surface area is 150 Å². The molecule has 1 saturated carbocycles. The van der Waals surface area contributed by atoms with Gasteiger partial charge < -0.3 is 9.84 Å². The Hall–Kier alpha value is -1.64.